The molecule has 0 saturated heterocycles. The number of hydrogen-bond donors (Lipinski definition) is 1. The quantitative estimate of drug-likeness (QED) is 0.182. The molecular formula is C30H30F3N3O4. The number of carbonyl (C=O) groups is 1. The van der Waals surface area contributed by atoms with Crippen LogP contribution in [0.2, 0.25) is 0 Å². The van der Waals surface area contributed by atoms with Crippen LogP contribution in [0.4, 0.5) is 13.2 Å². The molecule has 1 N–H and O–H groups in total. The molecule has 4 aromatic rings. The smallest absolute Gasteiger partial charge is 0.434 e. The summed E-state index contributed by atoms with van der Waals surface area (Å²) in [6, 6.07) is 18.3. The first kappa shape index (κ1) is 28.8. The van der Waals surface area contributed by atoms with Gasteiger partial charge in [0.25, 0.3) is 0 Å². The average Bonchev–Trinajstić information content (AvgIpc) is 3.40. The minimum atomic E-state index is -4.86. The number of aryl methyl sites for hydroxylation is 3. The second kappa shape index (κ2) is 12.8. The molecule has 0 aliphatic heterocycles. The van der Waals surface area contributed by atoms with Crippen LogP contribution in [0.5, 0.6) is 5.75 Å². The minimum absolute atomic E-state index is 0.0616. The van der Waals surface area contributed by atoms with Crippen LogP contribution >= 0.6 is 0 Å². The van der Waals surface area contributed by atoms with Crippen LogP contribution in [0.3, 0.4) is 0 Å². The highest BCUT2D eigenvalue weighted by molar-refractivity contribution is 5.90. The zero-order valence-electron chi connectivity index (χ0n) is 22.2. The van der Waals surface area contributed by atoms with Gasteiger partial charge in [0.2, 0.25) is 0 Å². The molecule has 40 heavy (non-hydrogen) atoms. The van der Waals surface area contributed by atoms with Gasteiger partial charge in [-0.15, -0.1) is 0 Å². The Hall–Kier alpha value is -4.18. The average molecular weight is 554 g/mol. The summed E-state index contributed by atoms with van der Waals surface area (Å²) < 4.78 is 53.1. The van der Waals surface area contributed by atoms with Gasteiger partial charge in [0.15, 0.2) is 11.5 Å². The van der Waals surface area contributed by atoms with Crippen molar-refractivity contribution in [2.45, 2.75) is 39.3 Å². The zero-order chi connectivity index (χ0) is 28.7. The van der Waals surface area contributed by atoms with Gasteiger partial charge >= 0.3 is 12.1 Å². The third kappa shape index (κ3) is 6.69. The third-order valence-electron chi connectivity index (χ3n) is 6.33. The Bertz CT molecular complexity index is 1470. The Morgan fingerprint density at radius 2 is 1.80 bits per heavy atom. The number of rotatable bonds is 11. The van der Waals surface area contributed by atoms with Gasteiger partial charge in [0.1, 0.15) is 11.3 Å². The summed E-state index contributed by atoms with van der Waals surface area (Å²) in [5.74, 6) is -0.412. The molecule has 0 bridgehead atoms. The Labute approximate surface area is 230 Å². The lowest BCUT2D eigenvalue weighted by molar-refractivity contribution is -0.143. The summed E-state index contributed by atoms with van der Waals surface area (Å²) in [6.45, 7) is 3.99. The largest absolute Gasteiger partial charge is 0.493 e. The number of esters is 1. The van der Waals surface area contributed by atoms with E-state index in [0.717, 1.165) is 40.6 Å². The van der Waals surface area contributed by atoms with E-state index in [0.29, 0.717) is 29.8 Å². The summed E-state index contributed by atoms with van der Waals surface area (Å²) in [5.41, 5.74) is 2.58. The molecule has 0 fully saturated rings. The van der Waals surface area contributed by atoms with Gasteiger partial charge in [-0.1, -0.05) is 36.4 Å². The predicted molar refractivity (Wildman–Crippen MR) is 144 cm³/mol. The van der Waals surface area contributed by atoms with Gasteiger partial charge in [-0.2, -0.15) is 18.3 Å². The van der Waals surface area contributed by atoms with E-state index in [4.69, 9.17) is 14.6 Å². The first-order chi connectivity index (χ1) is 19.2. The highest BCUT2D eigenvalue weighted by atomic mass is 19.4. The first-order valence-corrected chi connectivity index (χ1v) is 12.9. The molecule has 2 aromatic heterocycles. The molecule has 0 atom stereocenters. The minimum Gasteiger partial charge on any atom is -0.493 e. The zero-order valence-corrected chi connectivity index (χ0v) is 22.2. The normalized spacial score (nSPS) is 11.4. The molecule has 0 unspecified atom stereocenters. The van der Waals surface area contributed by atoms with E-state index >= 15 is 0 Å². The molecule has 0 radical (unpaired) electrons. The first-order valence-electron chi connectivity index (χ1n) is 12.9. The second-order valence-electron chi connectivity index (χ2n) is 9.09. The van der Waals surface area contributed by atoms with Crippen LogP contribution in [0.1, 0.15) is 46.1 Å². The summed E-state index contributed by atoms with van der Waals surface area (Å²) in [5, 5.41) is 12.8. The summed E-state index contributed by atoms with van der Waals surface area (Å²) in [7, 11) is 0. The van der Waals surface area contributed by atoms with Crippen molar-refractivity contribution >= 4 is 5.97 Å². The highest BCUT2D eigenvalue weighted by Gasteiger charge is 2.41. The van der Waals surface area contributed by atoms with Crippen LogP contribution < -0.4 is 4.74 Å². The molecule has 0 spiro atoms. The van der Waals surface area contributed by atoms with Crippen molar-refractivity contribution in [3.8, 4) is 22.8 Å². The number of aliphatic hydroxyl groups excluding tert-OH is 1. The van der Waals surface area contributed by atoms with E-state index in [2.05, 4.69) is 10.1 Å². The van der Waals surface area contributed by atoms with E-state index in [1.165, 1.54) is 13.0 Å². The van der Waals surface area contributed by atoms with Crippen molar-refractivity contribution in [2.24, 2.45) is 0 Å². The highest BCUT2D eigenvalue weighted by Crippen LogP contribution is 2.34. The molecule has 0 saturated carbocycles. The molecule has 0 aliphatic rings. The van der Waals surface area contributed by atoms with Gasteiger partial charge in [0, 0.05) is 18.6 Å². The number of ether oxygens (including phenoxy) is 2. The van der Waals surface area contributed by atoms with Crippen molar-refractivity contribution in [1.29, 1.82) is 0 Å². The van der Waals surface area contributed by atoms with Gasteiger partial charge in [-0.25, -0.2) is 14.5 Å². The fourth-order valence-corrected chi connectivity index (χ4v) is 4.40. The lowest BCUT2D eigenvalue weighted by Gasteiger charge is -2.14. The third-order valence-corrected chi connectivity index (χ3v) is 6.33. The van der Waals surface area contributed by atoms with Crippen molar-refractivity contribution < 1.29 is 32.5 Å². The van der Waals surface area contributed by atoms with Gasteiger partial charge in [0.05, 0.1) is 25.1 Å². The summed E-state index contributed by atoms with van der Waals surface area (Å²) >= 11 is 0. The number of carbonyl (C=O) groups excluding carboxylic acids is 1. The molecule has 10 heteroatoms. The number of pyridine rings is 1. The molecular weight excluding hydrogens is 523 g/mol. The van der Waals surface area contributed by atoms with Crippen molar-refractivity contribution in [1.82, 2.24) is 14.8 Å². The van der Waals surface area contributed by atoms with Crippen LogP contribution in [0.25, 0.3) is 17.1 Å². The molecule has 2 aromatic carbocycles. The molecule has 210 valence electrons. The number of hydrogen-bond acceptors (Lipinski definition) is 6. The lowest BCUT2D eigenvalue weighted by atomic mass is 9.96. The van der Waals surface area contributed by atoms with Crippen LogP contribution in [-0.2, 0) is 23.8 Å². The molecule has 4 rings (SSSR count). The fraction of sp³-hybridized carbons (Fsp3) is 0.300. The lowest BCUT2D eigenvalue weighted by Crippen LogP contribution is -2.19. The van der Waals surface area contributed by atoms with E-state index in [1.54, 1.807) is 12.1 Å². The maximum absolute atomic E-state index is 14.0. The summed E-state index contributed by atoms with van der Waals surface area (Å²) in [6.07, 6.45) is -2.02. The Morgan fingerprint density at radius 1 is 1.02 bits per heavy atom. The SMILES string of the molecule is CCOC(=O)c1cnn(-c2cccc(-c3ccccc3CCc3ccc(OCCCO)cc3C)n2)c1C(F)(F)F. The van der Waals surface area contributed by atoms with E-state index < -0.39 is 23.4 Å². The predicted octanol–water partition coefficient (Wildman–Crippen LogP) is 5.98. The number of nitrogens with zero attached hydrogens (tertiary/aromatic N) is 3. The Balaban J connectivity index is 1.61. The van der Waals surface area contributed by atoms with Crippen molar-refractivity contribution in [2.75, 3.05) is 19.8 Å². The number of aromatic nitrogens is 3. The Kier molecular flexibility index (Phi) is 9.21. The molecule has 0 amide bonds. The van der Waals surface area contributed by atoms with Gasteiger partial charge in [-0.3, -0.25) is 0 Å². The second-order valence-corrected chi connectivity index (χ2v) is 9.09. The standard InChI is InChI=1S/C30H30F3N3O4/c1-3-39-29(38)25-19-34-36(28(25)30(31,32)33)27-11-6-10-26(35-27)24-9-5-4-8-22(24)13-12-21-14-15-23(18-20(21)2)40-17-7-16-37/h4-6,8-11,14-15,18-19,37H,3,7,12-13,16-17H2,1-2H3. The maximum Gasteiger partial charge on any atom is 0.434 e. The number of halogens is 3. The fourth-order valence-electron chi connectivity index (χ4n) is 4.40. The van der Waals surface area contributed by atoms with E-state index in [-0.39, 0.29) is 19.0 Å². The van der Waals surface area contributed by atoms with Crippen molar-refractivity contribution in [3.63, 3.8) is 0 Å². The Morgan fingerprint density at radius 3 is 2.52 bits per heavy atom. The van der Waals surface area contributed by atoms with Gasteiger partial charge < -0.3 is 14.6 Å². The van der Waals surface area contributed by atoms with Crippen molar-refractivity contribution in [3.05, 3.63) is 94.8 Å². The summed E-state index contributed by atoms with van der Waals surface area (Å²) in [4.78, 5) is 16.7. The maximum atomic E-state index is 14.0. The topological polar surface area (TPSA) is 86.5 Å². The number of aliphatic hydroxyl groups is 1. The number of alkyl halides is 3. The monoisotopic (exact) mass is 553 g/mol. The van der Waals surface area contributed by atoms with Crippen LogP contribution in [0.15, 0.2) is 66.9 Å². The molecule has 7 nitrogen and oxygen atoms in total. The van der Waals surface area contributed by atoms with E-state index in [9.17, 15) is 18.0 Å². The van der Waals surface area contributed by atoms with Crippen LogP contribution in [0, 0.1) is 6.92 Å². The van der Waals surface area contributed by atoms with Gasteiger partial charge in [-0.05, 0) is 67.6 Å². The van der Waals surface area contributed by atoms with Crippen LogP contribution in [-0.4, -0.2) is 45.7 Å². The molecule has 2 heterocycles. The molecule has 0 aliphatic carbocycles. The number of benzene rings is 2. The van der Waals surface area contributed by atoms with E-state index in [1.807, 2.05) is 49.4 Å².